The molecule has 2 N–H and O–H groups in total. The minimum absolute atomic E-state index is 0.337. The molecule has 0 amide bonds. The van der Waals surface area contributed by atoms with E-state index in [0.717, 1.165) is 0 Å². The third kappa shape index (κ3) is 1.88. The normalized spacial score (nSPS) is 10.2. The first-order valence-corrected chi connectivity index (χ1v) is 4.55. The number of rotatable bonds is 3. The molecular weight excluding hydrogens is 194 g/mol. The van der Waals surface area contributed by atoms with E-state index in [9.17, 15) is 0 Å². The number of nitrogens with zero attached hydrogens (tertiary/aromatic N) is 4. The van der Waals surface area contributed by atoms with Crippen molar-refractivity contribution in [2.45, 2.75) is 6.92 Å². The molecule has 0 saturated heterocycles. The summed E-state index contributed by atoms with van der Waals surface area (Å²) in [6.07, 6.45) is 6.42. The molecule has 0 aliphatic heterocycles. The molecular formula is C9H11N5O. The molecule has 0 radical (unpaired) electrons. The maximum atomic E-state index is 5.66. The molecule has 0 unspecified atom stereocenters. The molecule has 15 heavy (non-hydrogen) atoms. The SMILES string of the molecule is CCOc1cnn(-c2nccnc2N)c1. The van der Waals surface area contributed by atoms with Gasteiger partial charge in [-0.15, -0.1) is 0 Å². The van der Waals surface area contributed by atoms with E-state index >= 15 is 0 Å². The Balaban J connectivity index is 2.33. The molecule has 2 rings (SSSR count). The highest BCUT2D eigenvalue weighted by molar-refractivity contribution is 5.45. The van der Waals surface area contributed by atoms with Crippen LogP contribution in [0.5, 0.6) is 5.75 Å². The highest BCUT2D eigenvalue weighted by Gasteiger charge is 2.06. The predicted molar refractivity (Wildman–Crippen MR) is 54.7 cm³/mol. The van der Waals surface area contributed by atoms with Crippen LogP contribution in [0.4, 0.5) is 5.82 Å². The lowest BCUT2D eigenvalue weighted by molar-refractivity contribution is 0.340. The number of hydrogen-bond acceptors (Lipinski definition) is 5. The van der Waals surface area contributed by atoms with Crippen LogP contribution in [-0.2, 0) is 0 Å². The van der Waals surface area contributed by atoms with Gasteiger partial charge in [0.1, 0.15) is 0 Å². The maximum absolute atomic E-state index is 5.66. The fourth-order valence-electron chi connectivity index (χ4n) is 1.18. The molecule has 2 aromatic heterocycles. The van der Waals surface area contributed by atoms with E-state index in [1.54, 1.807) is 18.6 Å². The molecule has 2 heterocycles. The Hall–Kier alpha value is -2.11. The zero-order chi connectivity index (χ0) is 10.7. The third-order valence-corrected chi connectivity index (χ3v) is 1.79. The fraction of sp³-hybridized carbons (Fsp3) is 0.222. The largest absolute Gasteiger partial charge is 0.491 e. The van der Waals surface area contributed by atoms with Crippen LogP contribution in [0, 0.1) is 0 Å². The van der Waals surface area contributed by atoms with Gasteiger partial charge >= 0.3 is 0 Å². The van der Waals surface area contributed by atoms with Gasteiger partial charge in [0.15, 0.2) is 17.4 Å². The highest BCUT2D eigenvalue weighted by Crippen LogP contribution is 2.14. The summed E-state index contributed by atoms with van der Waals surface area (Å²) < 4.78 is 6.81. The Bertz CT molecular complexity index is 453. The van der Waals surface area contributed by atoms with Crippen LogP contribution in [0.1, 0.15) is 6.92 Å². The van der Waals surface area contributed by atoms with Crippen LogP contribution in [0.3, 0.4) is 0 Å². The van der Waals surface area contributed by atoms with E-state index in [2.05, 4.69) is 15.1 Å². The van der Waals surface area contributed by atoms with Crippen LogP contribution in [0.25, 0.3) is 5.82 Å². The summed E-state index contributed by atoms with van der Waals surface area (Å²) in [5.41, 5.74) is 5.66. The maximum Gasteiger partial charge on any atom is 0.196 e. The first-order chi connectivity index (χ1) is 7.31. The molecule has 6 heteroatoms. The summed E-state index contributed by atoms with van der Waals surface area (Å²) in [5.74, 6) is 1.52. The predicted octanol–water partition coefficient (Wildman–Crippen LogP) is 0.643. The standard InChI is InChI=1S/C9H11N5O/c1-2-15-7-5-13-14(6-7)9-8(10)11-3-4-12-9/h3-6H,2H2,1H3,(H2,10,11). The van der Waals surface area contributed by atoms with Crippen LogP contribution in [-0.4, -0.2) is 26.4 Å². The monoisotopic (exact) mass is 205 g/mol. The van der Waals surface area contributed by atoms with Gasteiger partial charge in [-0.25, -0.2) is 14.6 Å². The zero-order valence-corrected chi connectivity index (χ0v) is 8.29. The minimum Gasteiger partial charge on any atom is -0.491 e. The molecule has 0 bridgehead atoms. The number of nitrogens with two attached hydrogens (primary N) is 1. The molecule has 0 aliphatic rings. The summed E-state index contributed by atoms with van der Waals surface area (Å²) >= 11 is 0. The first-order valence-electron chi connectivity index (χ1n) is 4.55. The van der Waals surface area contributed by atoms with Crippen LogP contribution in [0.15, 0.2) is 24.8 Å². The Morgan fingerprint density at radius 3 is 2.93 bits per heavy atom. The number of anilines is 1. The summed E-state index contributed by atoms with van der Waals surface area (Å²) in [5, 5.41) is 4.08. The van der Waals surface area contributed by atoms with Crippen LogP contribution < -0.4 is 10.5 Å². The quantitative estimate of drug-likeness (QED) is 0.795. The minimum atomic E-state index is 0.337. The van der Waals surface area contributed by atoms with E-state index in [0.29, 0.717) is 24.0 Å². The van der Waals surface area contributed by atoms with Gasteiger partial charge in [0.05, 0.1) is 19.0 Å². The zero-order valence-electron chi connectivity index (χ0n) is 8.29. The van der Waals surface area contributed by atoms with Gasteiger partial charge in [0, 0.05) is 12.4 Å². The van der Waals surface area contributed by atoms with E-state index in [1.807, 2.05) is 6.92 Å². The second-order valence-corrected chi connectivity index (χ2v) is 2.82. The molecule has 0 saturated carbocycles. The number of hydrogen-bond donors (Lipinski definition) is 1. The van der Waals surface area contributed by atoms with Crippen molar-refractivity contribution in [2.24, 2.45) is 0 Å². The van der Waals surface area contributed by atoms with Gasteiger partial charge in [-0.05, 0) is 6.92 Å². The molecule has 0 aliphatic carbocycles. The van der Waals surface area contributed by atoms with E-state index in [-0.39, 0.29) is 0 Å². The molecule has 78 valence electrons. The second kappa shape index (κ2) is 3.95. The first kappa shape index (κ1) is 9.45. The van der Waals surface area contributed by atoms with Crippen molar-refractivity contribution in [3.63, 3.8) is 0 Å². The highest BCUT2D eigenvalue weighted by atomic mass is 16.5. The number of nitrogen functional groups attached to an aromatic ring is 1. The topological polar surface area (TPSA) is 78.8 Å². The lowest BCUT2D eigenvalue weighted by atomic mass is 10.6. The summed E-state index contributed by atoms with van der Waals surface area (Å²) in [7, 11) is 0. The lowest BCUT2D eigenvalue weighted by Crippen LogP contribution is -2.04. The van der Waals surface area contributed by atoms with Gasteiger partial charge in [-0.2, -0.15) is 5.10 Å². The molecule has 0 spiro atoms. The van der Waals surface area contributed by atoms with E-state index in [1.165, 1.54) is 10.9 Å². The van der Waals surface area contributed by atoms with Crippen molar-refractivity contribution >= 4 is 5.82 Å². The smallest absolute Gasteiger partial charge is 0.196 e. The van der Waals surface area contributed by atoms with Crippen LogP contribution in [0.2, 0.25) is 0 Å². The Morgan fingerprint density at radius 1 is 1.40 bits per heavy atom. The van der Waals surface area contributed by atoms with Gasteiger partial charge in [0.25, 0.3) is 0 Å². The number of aromatic nitrogens is 4. The van der Waals surface area contributed by atoms with Crippen molar-refractivity contribution in [1.82, 2.24) is 19.7 Å². The van der Waals surface area contributed by atoms with Gasteiger partial charge in [-0.1, -0.05) is 0 Å². The number of ether oxygens (including phenoxy) is 1. The molecule has 2 aromatic rings. The second-order valence-electron chi connectivity index (χ2n) is 2.82. The van der Waals surface area contributed by atoms with Gasteiger partial charge in [0.2, 0.25) is 0 Å². The van der Waals surface area contributed by atoms with Gasteiger partial charge in [-0.3, -0.25) is 0 Å². The molecule has 0 aromatic carbocycles. The Labute approximate surface area is 86.7 Å². The van der Waals surface area contributed by atoms with E-state index < -0.39 is 0 Å². The summed E-state index contributed by atoms with van der Waals surface area (Å²) in [6.45, 7) is 2.51. The van der Waals surface area contributed by atoms with E-state index in [4.69, 9.17) is 10.5 Å². The van der Waals surface area contributed by atoms with Crippen molar-refractivity contribution < 1.29 is 4.74 Å². The molecule has 0 fully saturated rings. The summed E-state index contributed by atoms with van der Waals surface area (Å²) in [6, 6.07) is 0. The lowest BCUT2D eigenvalue weighted by Gasteiger charge is -2.01. The average molecular weight is 205 g/mol. The average Bonchev–Trinajstić information content (AvgIpc) is 2.68. The Morgan fingerprint density at radius 2 is 2.20 bits per heavy atom. The third-order valence-electron chi connectivity index (χ3n) is 1.79. The van der Waals surface area contributed by atoms with Crippen LogP contribution >= 0.6 is 0 Å². The van der Waals surface area contributed by atoms with Crippen molar-refractivity contribution in [3.05, 3.63) is 24.8 Å². The fourth-order valence-corrected chi connectivity index (χ4v) is 1.18. The van der Waals surface area contributed by atoms with Crippen molar-refractivity contribution in [1.29, 1.82) is 0 Å². The molecule has 0 atom stereocenters. The van der Waals surface area contributed by atoms with Gasteiger partial charge < -0.3 is 10.5 Å². The Kier molecular flexibility index (Phi) is 2.49. The van der Waals surface area contributed by atoms with Crippen molar-refractivity contribution in [2.75, 3.05) is 12.3 Å². The summed E-state index contributed by atoms with van der Waals surface area (Å²) in [4.78, 5) is 8.00. The van der Waals surface area contributed by atoms with Crippen molar-refractivity contribution in [3.8, 4) is 11.6 Å². The molecule has 6 nitrogen and oxygen atoms in total.